The molecule has 0 aliphatic heterocycles. The van der Waals surface area contributed by atoms with Crippen molar-refractivity contribution >= 4 is 5.78 Å². The highest BCUT2D eigenvalue weighted by atomic mass is 16.5. The van der Waals surface area contributed by atoms with Crippen molar-refractivity contribution < 1.29 is 9.53 Å². The van der Waals surface area contributed by atoms with E-state index in [1.54, 1.807) is 0 Å². The van der Waals surface area contributed by atoms with E-state index < -0.39 is 0 Å². The lowest BCUT2D eigenvalue weighted by Gasteiger charge is -2.24. The summed E-state index contributed by atoms with van der Waals surface area (Å²) >= 11 is 0. The Morgan fingerprint density at radius 3 is 2.42 bits per heavy atom. The molecule has 0 aromatic carbocycles. The van der Waals surface area contributed by atoms with Crippen LogP contribution < -0.4 is 5.32 Å². The molecule has 0 amide bonds. The molecule has 0 radical (unpaired) electrons. The molecule has 0 bridgehead atoms. The van der Waals surface area contributed by atoms with Crippen LogP contribution in [-0.2, 0) is 9.53 Å². The first-order chi connectivity index (χ1) is 9.33. The fourth-order valence-electron chi connectivity index (χ4n) is 2.99. The summed E-state index contributed by atoms with van der Waals surface area (Å²) in [6.07, 6.45) is 11.0. The van der Waals surface area contributed by atoms with E-state index in [9.17, 15) is 4.79 Å². The zero-order chi connectivity index (χ0) is 13.1. The molecule has 3 aliphatic rings. The van der Waals surface area contributed by atoms with Crippen LogP contribution in [0.15, 0.2) is 11.5 Å². The van der Waals surface area contributed by atoms with Gasteiger partial charge in [-0.2, -0.15) is 0 Å². The van der Waals surface area contributed by atoms with Crippen molar-refractivity contribution in [3.8, 4) is 0 Å². The Labute approximate surface area is 115 Å². The van der Waals surface area contributed by atoms with Crippen LogP contribution in [0, 0.1) is 11.8 Å². The van der Waals surface area contributed by atoms with E-state index in [0.29, 0.717) is 18.2 Å². The fraction of sp³-hybridized carbons (Fsp3) is 0.812. The highest BCUT2D eigenvalue weighted by Gasteiger charge is 2.26. The highest BCUT2D eigenvalue weighted by Crippen LogP contribution is 2.33. The van der Waals surface area contributed by atoms with Crippen molar-refractivity contribution in [3.63, 3.8) is 0 Å². The molecule has 3 fully saturated rings. The molecular formula is C16H25NO2. The lowest BCUT2D eigenvalue weighted by atomic mass is 9.82. The van der Waals surface area contributed by atoms with E-state index in [4.69, 9.17) is 4.74 Å². The Kier molecular flexibility index (Phi) is 4.09. The second kappa shape index (κ2) is 5.98. The first-order valence-electron chi connectivity index (χ1n) is 7.94. The van der Waals surface area contributed by atoms with Crippen LogP contribution >= 0.6 is 0 Å². The Morgan fingerprint density at radius 2 is 1.84 bits per heavy atom. The molecule has 3 saturated carbocycles. The first-order valence-corrected chi connectivity index (χ1v) is 7.94. The smallest absolute Gasteiger partial charge is 0.186 e. The Bertz CT molecular complexity index is 359. The minimum absolute atomic E-state index is 0.327. The minimum atomic E-state index is 0.327. The molecular weight excluding hydrogens is 238 g/mol. The quantitative estimate of drug-likeness (QED) is 0.717. The fourth-order valence-corrected chi connectivity index (χ4v) is 2.99. The van der Waals surface area contributed by atoms with E-state index in [0.717, 1.165) is 44.1 Å². The van der Waals surface area contributed by atoms with Crippen LogP contribution in [0.5, 0.6) is 0 Å². The summed E-state index contributed by atoms with van der Waals surface area (Å²) in [7, 11) is 0. The maximum Gasteiger partial charge on any atom is 0.186 e. The Balaban J connectivity index is 1.42. The lowest BCUT2D eigenvalue weighted by molar-refractivity contribution is -0.124. The predicted octanol–water partition coefficient (Wildman–Crippen LogP) is 3.16. The molecule has 0 spiro atoms. The third-order valence-electron chi connectivity index (χ3n) is 4.74. The predicted molar refractivity (Wildman–Crippen MR) is 74.5 cm³/mol. The monoisotopic (exact) mass is 263 g/mol. The molecule has 19 heavy (non-hydrogen) atoms. The summed E-state index contributed by atoms with van der Waals surface area (Å²) < 4.78 is 5.95. The van der Waals surface area contributed by atoms with Gasteiger partial charge in [0.2, 0.25) is 0 Å². The Hall–Kier alpha value is -0.990. The molecule has 0 atom stereocenters. The Morgan fingerprint density at radius 1 is 1.11 bits per heavy atom. The van der Waals surface area contributed by atoms with E-state index in [1.807, 2.05) is 0 Å². The summed E-state index contributed by atoms with van der Waals surface area (Å²) in [5.74, 6) is 2.36. The number of ketones is 1. The minimum Gasteiger partial charge on any atom is -0.479 e. The highest BCUT2D eigenvalue weighted by molar-refractivity contribution is 5.83. The third-order valence-corrected chi connectivity index (χ3v) is 4.74. The zero-order valence-electron chi connectivity index (χ0n) is 11.7. The molecule has 0 aromatic rings. The molecule has 3 nitrogen and oxygen atoms in total. The number of ether oxygens (including phenoxy) is 1. The summed E-state index contributed by atoms with van der Waals surface area (Å²) in [6, 6.07) is 0. The number of allylic oxidation sites excluding steroid dienone is 1. The molecule has 3 heteroatoms. The van der Waals surface area contributed by atoms with Gasteiger partial charge in [-0.1, -0.05) is 19.3 Å². The number of hydrogen-bond acceptors (Lipinski definition) is 3. The topological polar surface area (TPSA) is 38.3 Å². The largest absolute Gasteiger partial charge is 0.479 e. The number of rotatable bonds is 7. The molecule has 1 N–H and O–H groups in total. The standard InChI is InChI=1S/C16H25NO2/c18-15(13-6-3-7-13)10-17-16(14-8-9-14)19-11-12-4-1-2-5-12/h12-13,17H,1-11H2. The van der Waals surface area contributed by atoms with Crippen LogP contribution in [0.4, 0.5) is 0 Å². The van der Waals surface area contributed by atoms with Gasteiger partial charge in [0.1, 0.15) is 0 Å². The zero-order valence-corrected chi connectivity index (χ0v) is 11.7. The maximum absolute atomic E-state index is 11.9. The number of nitrogens with one attached hydrogen (secondary N) is 1. The summed E-state index contributed by atoms with van der Waals surface area (Å²) in [5, 5.41) is 3.26. The summed E-state index contributed by atoms with van der Waals surface area (Å²) in [4.78, 5) is 11.9. The van der Waals surface area contributed by atoms with Crippen LogP contribution in [0.2, 0.25) is 0 Å². The van der Waals surface area contributed by atoms with Crippen LogP contribution in [0.3, 0.4) is 0 Å². The van der Waals surface area contributed by atoms with E-state index in [2.05, 4.69) is 5.32 Å². The average molecular weight is 263 g/mol. The van der Waals surface area contributed by atoms with Gasteiger partial charge in [0, 0.05) is 5.92 Å². The van der Waals surface area contributed by atoms with Crippen LogP contribution in [-0.4, -0.2) is 18.9 Å². The van der Waals surface area contributed by atoms with Crippen LogP contribution in [0.25, 0.3) is 0 Å². The van der Waals surface area contributed by atoms with Gasteiger partial charge in [0.05, 0.1) is 13.2 Å². The van der Waals surface area contributed by atoms with E-state index in [1.165, 1.54) is 37.7 Å². The van der Waals surface area contributed by atoms with Crippen molar-refractivity contribution in [2.75, 3.05) is 13.2 Å². The lowest BCUT2D eigenvalue weighted by Crippen LogP contribution is -2.32. The van der Waals surface area contributed by atoms with Gasteiger partial charge in [-0.15, -0.1) is 0 Å². The van der Waals surface area contributed by atoms with Crippen molar-refractivity contribution in [1.29, 1.82) is 0 Å². The number of carbonyl (C=O) groups excluding carboxylic acids is 1. The van der Waals surface area contributed by atoms with Gasteiger partial charge in [-0.25, -0.2) is 0 Å². The molecule has 0 saturated heterocycles. The van der Waals surface area contributed by atoms with Crippen molar-refractivity contribution in [2.24, 2.45) is 11.8 Å². The van der Waals surface area contributed by atoms with Crippen LogP contribution in [0.1, 0.15) is 57.8 Å². The second-order valence-corrected chi connectivity index (χ2v) is 6.34. The molecule has 0 heterocycles. The van der Waals surface area contributed by atoms with E-state index in [-0.39, 0.29) is 0 Å². The van der Waals surface area contributed by atoms with Crippen molar-refractivity contribution in [2.45, 2.75) is 57.8 Å². The van der Waals surface area contributed by atoms with E-state index >= 15 is 0 Å². The summed E-state index contributed by atoms with van der Waals surface area (Å²) in [6.45, 7) is 1.30. The van der Waals surface area contributed by atoms with Crippen molar-refractivity contribution in [3.05, 3.63) is 11.5 Å². The second-order valence-electron chi connectivity index (χ2n) is 6.34. The van der Waals surface area contributed by atoms with Gasteiger partial charge in [-0.05, 0) is 50.0 Å². The molecule has 106 valence electrons. The molecule has 0 unspecified atom stereocenters. The molecule has 3 rings (SSSR count). The first kappa shape index (κ1) is 13.0. The van der Waals surface area contributed by atoms with Crippen molar-refractivity contribution in [1.82, 2.24) is 5.32 Å². The van der Waals surface area contributed by atoms with Gasteiger partial charge in [-0.3, -0.25) is 4.79 Å². The average Bonchev–Trinajstić information content (AvgIpc) is 3.03. The number of carbonyl (C=O) groups is 1. The molecule has 0 aromatic heterocycles. The van der Waals surface area contributed by atoms with Gasteiger partial charge >= 0.3 is 0 Å². The molecule has 3 aliphatic carbocycles. The normalized spacial score (nSPS) is 23.1. The maximum atomic E-state index is 11.9. The van der Waals surface area contributed by atoms with Gasteiger partial charge in [0.15, 0.2) is 11.7 Å². The number of Topliss-reactive ketones (excluding diaryl/α,β-unsaturated/α-hetero) is 1. The number of hydrogen-bond donors (Lipinski definition) is 1. The summed E-state index contributed by atoms with van der Waals surface area (Å²) in [5.41, 5.74) is 1.37. The third kappa shape index (κ3) is 3.52. The van der Waals surface area contributed by atoms with Gasteiger partial charge < -0.3 is 10.1 Å². The SMILES string of the molecule is O=C(CNC(OCC1CCCC1)=C1CC1)C1CCC1. The van der Waals surface area contributed by atoms with Gasteiger partial charge in [0.25, 0.3) is 0 Å².